The quantitative estimate of drug-likeness (QED) is 0.827. The van der Waals surface area contributed by atoms with E-state index in [0.717, 1.165) is 12.8 Å². The third-order valence-corrected chi connectivity index (χ3v) is 3.58. The minimum absolute atomic E-state index is 0.0700. The maximum absolute atomic E-state index is 13.1. The van der Waals surface area contributed by atoms with Crippen molar-refractivity contribution < 1.29 is 9.18 Å². The van der Waals surface area contributed by atoms with E-state index >= 15 is 0 Å². The lowest BCUT2D eigenvalue weighted by Gasteiger charge is -2.26. The summed E-state index contributed by atoms with van der Waals surface area (Å²) >= 11 is 3.09. The van der Waals surface area contributed by atoms with E-state index in [4.69, 9.17) is 0 Å². The molecule has 1 aromatic rings. The molecule has 0 spiro atoms. The fourth-order valence-corrected chi connectivity index (χ4v) is 2.21. The molecular formula is C13H17BrFNO. The second kappa shape index (κ2) is 6.15. The van der Waals surface area contributed by atoms with Gasteiger partial charge < -0.3 is 4.90 Å². The minimum Gasteiger partial charge on any atom is -0.339 e. The van der Waals surface area contributed by atoms with Crippen LogP contribution in [-0.2, 0) is 0 Å². The Morgan fingerprint density at radius 2 is 2.00 bits per heavy atom. The van der Waals surface area contributed by atoms with E-state index in [1.54, 1.807) is 11.9 Å². The zero-order chi connectivity index (χ0) is 13.0. The highest BCUT2D eigenvalue weighted by atomic mass is 79.9. The van der Waals surface area contributed by atoms with Crippen LogP contribution < -0.4 is 0 Å². The number of hydrogen-bond acceptors (Lipinski definition) is 1. The highest BCUT2D eigenvalue weighted by Crippen LogP contribution is 2.19. The van der Waals surface area contributed by atoms with Crippen molar-refractivity contribution in [2.75, 3.05) is 7.05 Å². The third-order valence-electron chi connectivity index (χ3n) is 2.98. The number of halogens is 2. The molecule has 0 atom stereocenters. The average Bonchev–Trinajstić information content (AvgIpc) is 2.33. The van der Waals surface area contributed by atoms with Crippen LogP contribution in [0.5, 0.6) is 0 Å². The topological polar surface area (TPSA) is 20.3 Å². The first-order valence-electron chi connectivity index (χ1n) is 5.73. The molecule has 0 aromatic heterocycles. The number of amides is 1. The van der Waals surface area contributed by atoms with Crippen LogP contribution in [-0.4, -0.2) is 23.9 Å². The van der Waals surface area contributed by atoms with Crippen molar-refractivity contribution in [3.05, 3.63) is 34.1 Å². The van der Waals surface area contributed by atoms with Gasteiger partial charge in [0.15, 0.2) is 0 Å². The van der Waals surface area contributed by atoms with Crippen molar-refractivity contribution in [3.8, 4) is 0 Å². The van der Waals surface area contributed by atoms with Crippen LogP contribution in [0, 0.1) is 5.82 Å². The maximum Gasteiger partial charge on any atom is 0.253 e. The van der Waals surface area contributed by atoms with Gasteiger partial charge in [-0.2, -0.15) is 0 Å². The van der Waals surface area contributed by atoms with Crippen LogP contribution >= 0.6 is 15.9 Å². The summed E-state index contributed by atoms with van der Waals surface area (Å²) in [7, 11) is 1.79. The summed E-state index contributed by atoms with van der Waals surface area (Å²) in [6.07, 6.45) is 1.84. The minimum atomic E-state index is -0.355. The zero-order valence-electron chi connectivity index (χ0n) is 10.3. The SMILES string of the molecule is CCC(CC)N(C)C(=O)c1ccc(F)c(Br)c1. The maximum atomic E-state index is 13.1. The first-order chi connectivity index (χ1) is 8.01. The first-order valence-corrected chi connectivity index (χ1v) is 6.52. The van der Waals surface area contributed by atoms with Gasteiger partial charge in [0.2, 0.25) is 0 Å². The summed E-state index contributed by atoms with van der Waals surface area (Å²) in [6, 6.07) is 4.57. The normalized spacial score (nSPS) is 10.7. The second-order valence-electron chi connectivity index (χ2n) is 4.02. The Bertz CT molecular complexity index is 404. The van der Waals surface area contributed by atoms with E-state index in [9.17, 15) is 9.18 Å². The van der Waals surface area contributed by atoms with Crippen LogP contribution in [0.2, 0.25) is 0 Å². The van der Waals surface area contributed by atoms with E-state index in [1.807, 2.05) is 0 Å². The summed E-state index contributed by atoms with van der Waals surface area (Å²) in [5.41, 5.74) is 0.507. The predicted molar refractivity (Wildman–Crippen MR) is 70.6 cm³/mol. The van der Waals surface area contributed by atoms with Gasteiger partial charge in [0.05, 0.1) is 4.47 Å². The lowest BCUT2D eigenvalue weighted by molar-refractivity contribution is 0.0723. The van der Waals surface area contributed by atoms with E-state index in [1.165, 1.54) is 18.2 Å². The molecule has 1 amide bonds. The van der Waals surface area contributed by atoms with Crippen molar-refractivity contribution in [2.45, 2.75) is 32.7 Å². The van der Waals surface area contributed by atoms with E-state index in [-0.39, 0.29) is 17.8 Å². The van der Waals surface area contributed by atoms with Gasteiger partial charge in [0.25, 0.3) is 5.91 Å². The van der Waals surface area contributed by atoms with Crippen molar-refractivity contribution in [2.24, 2.45) is 0 Å². The fourth-order valence-electron chi connectivity index (χ4n) is 1.84. The van der Waals surface area contributed by atoms with Crippen molar-refractivity contribution in [3.63, 3.8) is 0 Å². The Morgan fingerprint density at radius 1 is 1.41 bits per heavy atom. The molecule has 0 saturated carbocycles. The molecule has 0 saturated heterocycles. The van der Waals surface area contributed by atoms with Crippen LogP contribution in [0.3, 0.4) is 0 Å². The van der Waals surface area contributed by atoms with Gasteiger partial charge in [-0.1, -0.05) is 13.8 Å². The molecule has 0 aliphatic carbocycles. The molecule has 2 nitrogen and oxygen atoms in total. The lowest BCUT2D eigenvalue weighted by atomic mass is 10.1. The number of nitrogens with zero attached hydrogens (tertiary/aromatic N) is 1. The second-order valence-corrected chi connectivity index (χ2v) is 4.87. The van der Waals surface area contributed by atoms with Gasteiger partial charge >= 0.3 is 0 Å². The molecule has 0 N–H and O–H groups in total. The monoisotopic (exact) mass is 301 g/mol. The molecule has 0 aliphatic rings. The smallest absolute Gasteiger partial charge is 0.253 e. The van der Waals surface area contributed by atoms with Crippen molar-refractivity contribution in [1.82, 2.24) is 4.90 Å². The van der Waals surface area contributed by atoms with E-state index < -0.39 is 0 Å². The number of carbonyl (C=O) groups is 1. The highest BCUT2D eigenvalue weighted by molar-refractivity contribution is 9.10. The molecular weight excluding hydrogens is 285 g/mol. The third kappa shape index (κ3) is 3.28. The largest absolute Gasteiger partial charge is 0.339 e. The van der Waals surface area contributed by atoms with Crippen LogP contribution in [0.15, 0.2) is 22.7 Å². The summed E-state index contributed by atoms with van der Waals surface area (Å²) in [5, 5.41) is 0. The Hall–Kier alpha value is -0.900. The van der Waals surface area contributed by atoms with E-state index in [0.29, 0.717) is 10.0 Å². The highest BCUT2D eigenvalue weighted by Gasteiger charge is 2.18. The zero-order valence-corrected chi connectivity index (χ0v) is 11.9. The van der Waals surface area contributed by atoms with Crippen LogP contribution in [0.25, 0.3) is 0 Å². The van der Waals surface area contributed by atoms with Crippen molar-refractivity contribution >= 4 is 21.8 Å². The predicted octanol–water partition coefficient (Wildman–Crippen LogP) is 3.85. The molecule has 0 aliphatic heterocycles. The molecule has 0 unspecified atom stereocenters. The average molecular weight is 302 g/mol. The summed E-state index contributed by atoms with van der Waals surface area (Å²) in [5.74, 6) is -0.425. The van der Waals surface area contributed by atoms with Crippen LogP contribution in [0.1, 0.15) is 37.0 Å². The van der Waals surface area contributed by atoms with Gasteiger partial charge in [-0.25, -0.2) is 4.39 Å². The van der Waals surface area contributed by atoms with Gasteiger partial charge in [-0.3, -0.25) is 4.79 Å². The molecule has 4 heteroatoms. The molecule has 0 heterocycles. The Balaban J connectivity index is 2.92. The molecule has 1 rings (SSSR count). The lowest BCUT2D eigenvalue weighted by Crippen LogP contribution is -2.36. The van der Waals surface area contributed by atoms with Gasteiger partial charge in [-0.05, 0) is 47.0 Å². The Kier molecular flexibility index (Phi) is 5.12. The van der Waals surface area contributed by atoms with Gasteiger partial charge in [-0.15, -0.1) is 0 Å². The molecule has 0 bridgehead atoms. The summed E-state index contributed by atoms with van der Waals surface area (Å²) < 4.78 is 13.4. The first kappa shape index (κ1) is 14.2. The van der Waals surface area contributed by atoms with Gasteiger partial charge in [0, 0.05) is 18.7 Å². The van der Waals surface area contributed by atoms with E-state index in [2.05, 4.69) is 29.8 Å². The molecule has 1 aromatic carbocycles. The molecule has 94 valence electrons. The standard InChI is InChI=1S/C13H17BrFNO/c1-4-10(5-2)16(3)13(17)9-6-7-12(15)11(14)8-9/h6-8,10H,4-5H2,1-3H3. The van der Waals surface area contributed by atoms with Crippen LogP contribution in [0.4, 0.5) is 4.39 Å². The summed E-state index contributed by atoms with van der Waals surface area (Å²) in [4.78, 5) is 13.9. The Labute approximate surface area is 110 Å². The molecule has 17 heavy (non-hydrogen) atoms. The fraction of sp³-hybridized carbons (Fsp3) is 0.462. The van der Waals surface area contributed by atoms with Gasteiger partial charge in [0.1, 0.15) is 5.82 Å². The molecule has 0 fully saturated rings. The number of carbonyl (C=O) groups excluding carboxylic acids is 1. The molecule has 0 radical (unpaired) electrons. The number of rotatable bonds is 4. The summed E-state index contributed by atoms with van der Waals surface area (Å²) in [6.45, 7) is 4.11. The number of hydrogen-bond donors (Lipinski definition) is 0. The Morgan fingerprint density at radius 3 is 2.47 bits per heavy atom. The van der Waals surface area contributed by atoms with Crippen molar-refractivity contribution in [1.29, 1.82) is 0 Å². The number of benzene rings is 1.